The van der Waals surface area contributed by atoms with Crippen LogP contribution in [-0.2, 0) is 0 Å². The maximum atomic E-state index is 10.1. The van der Waals surface area contributed by atoms with Crippen molar-refractivity contribution in [1.82, 2.24) is 0 Å². The van der Waals surface area contributed by atoms with Crippen molar-refractivity contribution in [1.29, 1.82) is 0 Å². The summed E-state index contributed by atoms with van der Waals surface area (Å²) in [6.07, 6.45) is 22.4. The molecule has 0 aromatic carbocycles. The molecule has 0 aliphatic heterocycles. The van der Waals surface area contributed by atoms with E-state index in [9.17, 15) is 20.4 Å². The summed E-state index contributed by atoms with van der Waals surface area (Å²) >= 11 is 0. The fraction of sp³-hybridized carbons (Fsp3) is 1.00. The summed E-state index contributed by atoms with van der Waals surface area (Å²) in [6.45, 7) is 0. The van der Waals surface area contributed by atoms with Gasteiger partial charge >= 0.3 is 0 Å². The number of aliphatic hydroxyl groups is 4. The highest BCUT2D eigenvalue weighted by Gasteiger charge is 2.45. The third kappa shape index (κ3) is 12.1. The molecule has 1 saturated carbocycles. The fourth-order valence-corrected chi connectivity index (χ4v) is 4.15. The van der Waals surface area contributed by atoms with E-state index in [2.05, 4.69) is 0 Å². The minimum absolute atomic E-state index is 0.0278. The first-order chi connectivity index (χ1) is 13.0. The Labute approximate surface area is 167 Å². The highest BCUT2D eigenvalue weighted by molar-refractivity contribution is 4.82. The van der Waals surface area contributed by atoms with E-state index in [1.54, 1.807) is 0 Å². The number of hydrogen-bond donors (Lipinski definition) is 4. The molecule has 4 nitrogen and oxygen atoms in total. The Kier molecular flexibility index (Phi) is 13.6. The highest BCUT2D eigenvalue weighted by atomic mass is 16.6. The average molecular weight is 387 g/mol. The van der Waals surface area contributed by atoms with E-state index in [0.717, 1.165) is 25.7 Å². The van der Waals surface area contributed by atoms with Crippen LogP contribution in [0.1, 0.15) is 135 Å². The third-order valence-corrected chi connectivity index (χ3v) is 6.19. The molecule has 1 fully saturated rings. The molecule has 0 atom stereocenters. The summed E-state index contributed by atoms with van der Waals surface area (Å²) < 4.78 is 0. The molecule has 162 valence electrons. The normalized spacial score (nSPS) is 26.2. The Morgan fingerprint density at radius 2 is 0.407 bits per heavy atom. The standard InChI is InChI=1S/C23H46O4/c24-22(25)20-18-16-14-12-10-8-6-4-2-1-3-5-7-9-11-13-15-17-19-21-23(22,26)27/h24-27H,1-21H2. The molecule has 0 unspecified atom stereocenters. The van der Waals surface area contributed by atoms with Crippen molar-refractivity contribution in [3.05, 3.63) is 0 Å². The Bertz CT molecular complexity index is 309. The number of rotatable bonds is 0. The maximum absolute atomic E-state index is 10.1. The molecule has 0 heterocycles. The molecule has 0 saturated heterocycles. The van der Waals surface area contributed by atoms with Gasteiger partial charge in [0.25, 0.3) is 0 Å². The molecule has 0 amide bonds. The van der Waals surface area contributed by atoms with Gasteiger partial charge in [-0.05, 0) is 12.8 Å². The van der Waals surface area contributed by atoms with E-state index in [1.165, 1.54) is 83.5 Å². The second-order valence-corrected chi connectivity index (χ2v) is 8.85. The molecule has 27 heavy (non-hydrogen) atoms. The minimum Gasteiger partial charge on any atom is -0.361 e. The maximum Gasteiger partial charge on any atom is 0.218 e. The number of hydrogen-bond acceptors (Lipinski definition) is 4. The van der Waals surface area contributed by atoms with Crippen molar-refractivity contribution in [3.8, 4) is 0 Å². The lowest BCUT2D eigenvalue weighted by atomic mass is 9.93. The summed E-state index contributed by atoms with van der Waals surface area (Å²) in [5, 5.41) is 40.4. The van der Waals surface area contributed by atoms with Gasteiger partial charge in [-0.15, -0.1) is 0 Å². The first-order valence-electron chi connectivity index (χ1n) is 11.9. The first kappa shape index (κ1) is 24.9. The molecule has 4 N–H and O–H groups in total. The first-order valence-corrected chi connectivity index (χ1v) is 11.9. The van der Waals surface area contributed by atoms with Gasteiger partial charge in [-0.3, -0.25) is 0 Å². The van der Waals surface area contributed by atoms with Crippen LogP contribution in [0.25, 0.3) is 0 Å². The van der Waals surface area contributed by atoms with Crippen LogP contribution in [0.15, 0.2) is 0 Å². The minimum atomic E-state index is -2.40. The van der Waals surface area contributed by atoms with Gasteiger partial charge in [0.05, 0.1) is 0 Å². The van der Waals surface area contributed by atoms with Crippen molar-refractivity contribution < 1.29 is 20.4 Å². The summed E-state index contributed by atoms with van der Waals surface area (Å²) in [7, 11) is 0. The van der Waals surface area contributed by atoms with Crippen LogP contribution in [0, 0.1) is 0 Å². The summed E-state index contributed by atoms with van der Waals surface area (Å²) in [5.41, 5.74) is 0. The lowest BCUT2D eigenvalue weighted by Gasteiger charge is -2.35. The van der Waals surface area contributed by atoms with Gasteiger partial charge in [0.15, 0.2) is 0 Å². The molecule has 1 aliphatic rings. The van der Waals surface area contributed by atoms with Crippen molar-refractivity contribution in [2.24, 2.45) is 0 Å². The molecule has 1 rings (SSSR count). The third-order valence-electron chi connectivity index (χ3n) is 6.19. The van der Waals surface area contributed by atoms with E-state index >= 15 is 0 Å². The van der Waals surface area contributed by atoms with Gasteiger partial charge in [-0.25, -0.2) is 0 Å². The van der Waals surface area contributed by atoms with E-state index in [4.69, 9.17) is 0 Å². The van der Waals surface area contributed by atoms with Crippen LogP contribution in [0.2, 0.25) is 0 Å². The van der Waals surface area contributed by atoms with Crippen molar-refractivity contribution in [2.75, 3.05) is 0 Å². The Morgan fingerprint density at radius 1 is 0.259 bits per heavy atom. The predicted molar refractivity (Wildman–Crippen MR) is 111 cm³/mol. The summed E-state index contributed by atoms with van der Waals surface area (Å²) in [6, 6.07) is 0. The predicted octanol–water partition coefficient (Wildman–Crippen LogP) is 5.55. The smallest absolute Gasteiger partial charge is 0.218 e. The molecule has 1 aliphatic carbocycles. The van der Waals surface area contributed by atoms with Crippen LogP contribution in [0.3, 0.4) is 0 Å². The Morgan fingerprint density at radius 3 is 0.593 bits per heavy atom. The van der Waals surface area contributed by atoms with E-state index in [-0.39, 0.29) is 12.8 Å². The zero-order valence-electron chi connectivity index (χ0n) is 17.6. The van der Waals surface area contributed by atoms with Gasteiger partial charge in [0, 0.05) is 12.8 Å². The second-order valence-electron chi connectivity index (χ2n) is 8.85. The van der Waals surface area contributed by atoms with Crippen LogP contribution in [0.5, 0.6) is 0 Å². The molecule has 4 heteroatoms. The molecular weight excluding hydrogens is 340 g/mol. The van der Waals surface area contributed by atoms with Crippen LogP contribution >= 0.6 is 0 Å². The average Bonchev–Trinajstić information content (AvgIpc) is 2.62. The molecule has 0 radical (unpaired) electrons. The van der Waals surface area contributed by atoms with Crippen molar-refractivity contribution >= 4 is 0 Å². The quantitative estimate of drug-likeness (QED) is 0.411. The van der Waals surface area contributed by atoms with Gasteiger partial charge in [-0.2, -0.15) is 0 Å². The zero-order chi connectivity index (χ0) is 19.8. The monoisotopic (exact) mass is 386 g/mol. The fourth-order valence-electron chi connectivity index (χ4n) is 4.15. The highest BCUT2D eigenvalue weighted by Crippen LogP contribution is 2.29. The topological polar surface area (TPSA) is 80.9 Å². The van der Waals surface area contributed by atoms with Crippen LogP contribution in [-0.4, -0.2) is 32.0 Å². The van der Waals surface area contributed by atoms with E-state index in [0.29, 0.717) is 12.8 Å². The van der Waals surface area contributed by atoms with Crippen molar-refractivity contribution in [2.45, 2.75) is 146 Å². The van der Waals surface area contributed by atoms with Crippen molar-refractivity contribution in [3.63, 3.8) is 0 Å². The summed E-state index contributed by atoms with van der Waals surface area (Å²) in [5.74, 6) is -4.80. The van der Waals surface area contributed by atoms with Gasteiger partial charge in [0.2, 0.25) is 11.6 Å². The molecule has 0 spiro atoms. The lowest BCUT2D eigenvalue weighted by Crippen LogP contribution is -2.54. The largest absolute Gasteiger partial charge is 0.361 e. The molecule has 0 aromatic rings. The van der Waals surface area contributed by atoms with E-state index in [1.807, 2.05) is 0 Å². The zero-order valence-corrected chi connectivity index (χ0v) is 17.6. The van der Waals surface area contributed by atoms with Crippen LogP contribution in [0.4, 0.5) is 0 Å². The van der Waals surface area contributed by atoms with Gasteiger partial charge in [0.1, 0.15) is 0 Å². The second kappa shape index (κ2) is 14.8. The van der Waals surface area contributed by atoms with E-state index < -0.39 is 11.6 Å². The molecule has 0 aromatic heterocycles. The SMILES string of the molecule is OC1(O)CCCCCCCCCCCCCCCCCCCCCC1(O)O. The van der Waals surface area contributed by atoms with Crippen LogP contribution < -0.4 is 0 Å². The lowest BCUT2D eigenvalue weighted by molar-refractivity contribution is -0.361. The summed E-state index contributed by atoms with van der Waals surface area (Å²) in [4.78, 5) is 0. The molecule has 0 bridgehead atoms. The van der Waals surface area contributed by atoms with Gasteiger partial charge in [-0.1, -0.05) is 109 Å². The Hall–Kier alpha value is -0.160. The Balaban J connectivity index is 2.33. The molecular formula is C23H46O4. The van der Waals surface area contributed by atoms with Gasteiger partial charge < -0.3 is 20.4 Å².